The first-order valence-electron chi connectivity index (χ1n) is 10.7. The maximum Gasteiger partial charge on any atom is 0.226 e. The highest BCUT2D eigenvalue weighted by Gasteiger charge is 2.50. The number of piperazine rings is 1. The molecule has 2 aromatic carbocycles. The molecule has 1 amide bonds. The van der Waals surface area contributed by atoms with Crippen molar-refractivity contribution < 1.29 is 4.79 Å². The molecule has 0 unspecified atom stereocenters. The monoisotopic (exact) mass is 411 g/mol. The number of amides is 1. The van der Waals surface area contributed by atoms with Gasteiger partial charge in [0.05, 0.1) is 10.7 Å². The second kappa shape index (κ2) is 8.86. The highest BCUT2D eigenvalue weighted by Crippen LogP contribution is 2.44. The topological polar surface area (TPSA) is 26.8 Å². The molecule has 1 aliphatic carbocycles. The van der Waals surface area contributed by atoms with Gasteiger partial charge in [-0.25, -0.2) is 0 Å². The lowest BCUT2D eigenvalue weighted by atomic mass is 10.1. The van der Waals surface area contributed by atoms with E-state index in [2.05, 4.69) is 40.1 Å². The van der Waals surface area contributed by atoms with Crippen LogP contribution in [-0.2, 0) is 11.3 Å². The average molecular weight is 412 g/mol. The molecule has 2 fully saturated rings. The van der Waals surface area contributed by atoms with Gasteiger partial charge >= 0.3 is 0 Å². The number of carbonyl (C=O) groups is 1. The average Bonchev–Trinajstić information content (AvgIpc) is 3.54. The van der Waals surface area contributed by atoms with Gasteiger partial charge in [0.1, 0.15) is 0 Å². The Morgan fingerprint density at radius 3 is 2.28 bits per heavy atom. The van der Waals surface area contributed by atoms with Gasteiger partial charge in [-0.05, 0) is 30.5 Å². The van der Waals surface area contributed by atoms with Crippen LogP contribution >= 0.6 is 11.6 Å². The Kier molecular flexibility index (Phi) is 6.23. The summed E-state index contributed by atoms with van der Waals surface area (Å²) < 4.78 is 0. The summed E-state index contributed by atoms with van der Waals surface area (Å²) in [6.07, 6.45) is 2.80. The number of hydrogen-bond donors (Lipinski definition) is 0. The Morgan fingerprint density at radius 2 is 1.66 bits per heavy atom. The van der Waals surface area contributed by atoms with Gasteiger partial charge in [0.25, 0.3) is 0 Å². The van der Waals surface area contributed by atoms with E-state index in [4.69, 9.17) is 11.6 Å². The van der Waals surface area contributed by atoms with E-state index in [1.54, 1.807) is 0 Å². The normalized spacial score (nSPS) is 19.1. The Labute approximate surface area is 179 Å². The number of nitrogens with zero attached hydrogens (tertiary/aromatic N) is 3. The molecule has 2 aromatic rings. The standard InChI is InChI=1S/C24H30ClN3O/c1-2-23(29)28(22-11-7-6-10-21(22)25)19-24(12-13-24)27-16-14-26(15-17-27)18-20-8-4-3-5-9-20/h3-11H,2,12-19H2,1H3. The molecule has 5 heteroatoms. The van der Waals surface area contributed by atoms with Crippen LogP contribution in [0.5, 0.6) is 0 Å². The largest absolute Gasteiger partial charge is 0.309 e. The summed E-state index contributed by atoms with van der Waals surface area (Å²) >= 11 is 6.44. The summed E-state index contributed by atoms with van der Waals surface area (Å²) in [5, 5.41) is 0.651. The highest BCUT2D eigenvalue weighted by atomic mass is 35.5. The van der Waals surface area contributed by atoms with E-state index in [1.807, 2.05) is 36.1 Å². The molecule has 0 radical (unpaired) electrons. The lowest BCUT2D eigenvalue weighted by Crippen LogP contribution is -2.55. The van der Waals surface area contributed by atoms with Crippen LogP contribution in [0.15, 0.2) is 54.6 Å². The van der Waals surface area contributed by atoms with Crippen molar-refractivity contribution in [2.75, 3.05) is 37.6 Å². The molecule has 1 aliphatic heterocycles. The maximum atomic E-state index is 12.7. The first kappa shape index (κ1) is 20.4. The van der Waals surface area contributed by atoms with E-state index >= 15 is 0 Å². The first-order valence-corrected chi connectivity index (χ1v) is 11.1. The summed E-state index contributed by atoms with van der Waals surface area (Å²) in [4.78, 5) is 19.8. The van der Waals surface area contributed by atoms with Crippen molar-refractivity contribution in [2.24, 2.45) is 0 Å². The van der Waals surface area contributed by atoms with Crippen LogP contribution in [0.1, 0.15) is 31.7 Å². The van der Waals surface area contributed by atoms with Crippen molar-refractivity contribution in [3.05, 3.63) is 65.2 Å². The number of anilines is 1. The minimum atomic E-state index is 0.114. The van der Waals surface area contributed by atoms with E-state index in [-0.39, 0.29) is 11.4 Å². The van der Waals surface area contributed by atoms with E-state index in [0.717, 1.165) is 57.8 Å². The van der Waals surface area contributed by atoms with Crippen LogP contribution in [0.4, 0.5) is 5.69 Å². The molecule has 2 aliphatic rings. The van der Waals surface area contributed by atoms with Crippen molar-refractivity contribution in [1.82, 2.24) is 9.80 Å². The van der Waals surface area contributed by atoms with Gasteiger partial charge in [-0.2, -0.15) is 0 Å². The number of para-hydroxylation sites is 1. The van der Waals surface area contributed by atoms with Gasteiger partial charge in [0.2, 0.25) is 5.91 Å². The second-order valence-electron chi connectivity index (χ2n) is 8.26. The van der Waals surface area contributed by atoms with Crippen LogP contribution in [0.2, 0.25) is 5.02 Å². The second-order valence-corrected chi connectivity index (χ2v) is 8.67. The molecule has 1 heterocycles. The molecular weight excluding hydrogens is 382 g/mol. The number of halogens is 1. The summed E-state index contributed by atoms with van der Waals surface area (Å²) in [7, 11) is 0. The molecule has 1 saturated heterocycles. The van der Waals surface area contributed by atoms with Crippen LogP contribution in [0.25, 0.3) is 0 Å². The lowest BCUT2D eigenvalue weighted by Gasteiger charge is -2.41. The fraction of sp³-hybridized carbons (Fsp3) is 0.458. The Hall–Kier alpha value is -1.88. The zero-order chi connectivity index (χ0) is 20.3. The number of hydrogen-bond acceptors (Lipinski definition) is 3. The molecule has 1 saturated carbocycles. The van der Waals surface area contributed by atoms with Crippen LogP contribution in [0, 0.1) is 0 Å². The van der Waals surface area contributed by atoms with Gasteiger partial charge in [-0.1, -0.05) is 61.0 Å². The first-order chi connectivity index (χ1) is 14.1. The minimum absolute atomic E-state index is 0.114. The Morgan fingerprint density at radius 1 is 1.00 bits per heavy atom. The molecule has 4 rings (SSSR count). The van der Waals surface area contributed by atoms with Crippen LogP contribution < -0.4 is 4.90 Å². The predicted molar refractivity (Wildman–Crippen MR) is 119 cm³/mol. The quantitative estimate of drug-likeness (QED) is 0.674. The summed E-state index contributed by atoms with van der Waals surface area (Å²) in [6.45, 7) is 7.94. The molecule has 0 atom stereocenters. The van der Waals surface area contributed by atoms with E-state index in [9.17, 15) is 4.79 Å². The van der Waals surface area contributed by atoms with Crippen molar-refractivity contribution in [1.29, 1.82) is 0 Å². The smallest absolute Gasteiger partial charge is 0.226 e. The van der Waals surface area contributed by atoms with Gasteiger partial charge in [0, 0.05) is 51.2 Å². The Bertz CT molecular complexity index is 829. The zero-order valence-electron chi connectivity index (χ0n) is 17.2. The van der Waals surface area contributed by atoms with Gasteiger partial charge < -0.3 is 4.90 Å². The van der Waals surface area contributed by atoms with Crippen molar-refractivity contribution >= 4 is 23.2 Å². The molecule has 0 bridgehead atoms. The summed E-state index contributed by atoms with van der Waals surface area (Å²) in [6, 6.07) is 18.4. The SMILES string of the molecule is CCC(=O)N(CC1(N2CCN(Cc3ccccc3)CC2)CC1)c1ccccc1Cl. The molecule has 0 N–H and O–H groups in total. The fourth-order valence-electron chi connectivity index (χ4n) is 4.40. The number of carbonyl (C=O) groups excluding carboxylic acids is 1. The zero-order valence-corrected chi connectivity index (χ0v) is 17.9. The predicted octanol–water partition coefficient (Wildman–Crippen LogP) is 4.43. The highest BCUT2D eigenvalue weighted by molar-refractivity contribution is 6.33. The van der Waals surface area contributed by atoms with E-state index < -0.39 is 0 Å². The summed E-state index contributed by atoms with van der Waals surface area (Å²) in [5.41, 5.74) is 2.33. The molecule has 4 nitrogen and oxygen atoms in total. The Balaban J connectivity index is 1.41. The summed E-state index contributed by atoms with van der Waals surface area (Å²) in [5.74, 6) is 0.145. The van der Waals surface area contributed by atoms with Gasteiger partial charge in [0.15, 0.2) is 0 Å². The van der Waals surface area contributed by atoms with Crippen LogP contribution in [0.3, 0.4) is 0 Å². The van der Waals surface area contributed by atoms with Gasteiger partial charge in [-0.3, -0.25) is 14.6 Å². The van der Waals surface area contributed by atoms with Crippen molar-refractivity contribution in [2.45, 2.75) is 38.3 Å². The third-order valence-electron chi connectivity index (χ3n) is 6.32. The van der Waals surface area contributed by atoms with E-state index in [1.165, 1.54) is 5.56 Å². The van der Waals surface area contributed by atoms with Gasteiger partial charge in [-0.15, -0.1) is 0 Å². The van der Waals surface area contributed by atoms with E-state index in [0.29, 0.717) is 11.4 Å². The molecule has 0 aromatic heterocycles. The molecule has 154 valence electrons. The third kappa shape index (κ3) is 4.66. The van der Waals surface area contributed by atoms with Crippen molar-refractivity contribution in [3.63, 3.8) is 0 Å². The number of rotatable bonds is 7. The molecule has 29 heavy (non-hydrogen) atoms. The molecule has 0 spiro atoms. The molecular formula is C24H30ClN3O. The van der Waals surface area contributed by atoms with Crippen molar-refractivity contribution in [3.8, 4) is 0 Å². The lowest BCUT2D eigenvalue weighted by molar-refractivity contribution is -0.118. The fourth-order valence-corrected chi connectivity index (χ4v) is 4.64. The number of benzene rings is 2. The third-order valence-corrected chi connectivity index (χ3v) is 6.64. The van der Waals surface area contributed by atoms with Crippen LogP contribution in [-0.4, -0.2) is 54.0 Å². The minimum Gasteiger partial charge on any atom is -0.309 e. The maximum absolute atomic E-state index is 12.7.